The zero-order valence-electron chi connectivity index (χ0n) is 21.2. The summed E-state index contributed by atoms with van der Waals surface area (Å²) in [6.45, 7) is 1.28. The highest BCUT2D eigenvalue weighted by Gasteiger charge is 2.33. The molecule has 202 valence electrons. The van der Waals surface area contributed by atoms with Crippen molar-refractivity contribution in [2.75, 3.05) is 24.2 Å². The monoisotopic (exact) mass is 553 g/mol. The minimum atomic E-state index is -3.95. The van der Waals surface area contributed by atoms with Crippen molar-refractivity contribution in [2.24, 2.45) is 0 Å². The van der Waals surface area contributed by atoms with E-state index in [4.69, 9.17) is 16.3 Å². The first-order valence-corrected chi connectivity index (χ1v) is 14.4. The summed E-state index contributed by atoms with van der Waals surface area (Å²) in [7, 11) is -2.42. The Morgan fingerprint density at radius 1 is 1.19 bits per heavy atom. The maximum absolute atomic E-state index is 13.7. The predicted molar refractivity (Wildman–Crippen MR) is 142 cm³/mol. The van der Waals surface area contributed by atoms with Crippen LogP contribution < -0.4 is 14.4 Å². The van der Waals surface area contributed by atoms with Crippen molar-refractivity contribution >= 4 is 39.1 Å². The van der Waals surface area contributed by atoms with Crippen LogP contribution in [0.3, 0.4) is 0 Å². The molecule has 0 bridgehead atoms. The molecule has 11 heteroatoms. The van der Waals surface area contributed by atoms with Gasteiger partial charge in [-0.25, -0.2) is 12.8 Å². The number of carbonyl (C=O) groups excluding carboxylic acids is 2. The van der Waals surface area contributed by atoms with Crippen molar-refractivity contribution in [3.8, 4) is 5.75 Å². The van der Waals surface area contributed by atoms with Crippen LogP contribution in [0.25, 0.3) is 0 Å². The molecule has 8 nitrogen and oxygen atoms in total. The third kappa shape index (κ3) is 7.58. The van der Waals surface area contributed by atoms with Gasteiger partial charge < -0.3 is 15.0 Å². The van der Waals surface area contributed by atoms with E-state index in [0.717, 1.165) is 53.9 Å². The molecule has 0 unspecified atom stereocenters. The summed E-state index contributed by atoms with van der Waals surface area (Å²) in [6, 6.07) is 9.78. The number of sulfonamides is 1. The highest BCUT2D eigenvalue weighted by molar-refractivity contribution is 7.92. The fourth-order valence-corrected chi connectivity index (χ4v) is 5.52. The standard InChI is InChI=1S/C26H33ClFN3O5S/c1-4-24(26(33)29-19-9-5-6-10-19)30(16-18-8-7-11-21(14-18)36-2)25(32)17-31(37(3,34)35)20-12-13-23(28)22(27)15-20/h7-8,11-15,19,24H,4-6,9-10,16-17H2,1-3H3,(H,29,33)/t24-/m1/s1. The molecule has 2 amide bonds. The third-order valence-corrected chi connectivity index (χ3v) is 7.88. The van der Waals surface area contributed by atoms with Crippen molar-refractivity contribution in [1.82, 2.24) is 10.2 Å². The molecule has 0 aliphatic heterocycles. The summed E-state index contributed by atoms with van der Waals surface area (Å²) in [6.07, 6.45) is 5.14. The molecule has 1 aliphatic carbocycles. The van der Waals surface area contributed by atoms with Gasteiger partial charge in [-0.2, -0.15) is 0 Å². The Morgan fingerprint density at radius 2 is 1.89 bits per heavy atom. The van der Waals surface area contributed by atoms with Crippen LogP contribution in [0.5, 0.6) is 5.75 Å². The van der Waals surface area contributed by atoms with Gasteiger partial charge in [0.2, 0.25) is 21.8 Å². The average Bonchev–Trinajstić information content (AvgIpc) is 3.36. The molecule has 1 fully saturated rings. The van der Waals surface area contributed by atoms with Gasteiger partial charge in [-0.15, -0.1) is 0 Å². The molecule has 0 saturated heterocycles. The molecular weight excluding hydrogens is 521 g/mol. The van der Waals surface area contributed by atoms with Gasteiger partial charge in [0, 0.05) is 12.6 Å². The maximum atomic E-state index is 13.7. The first-order chi connectivity index (χ1) is 17.5. The van der Waals surface area contributed by atoms with Crippen LogP contribution in [0.2, 0.25) is 5.02 Å². The molecule has 3 rings (SSSR count). The lowest BCUT2D eigenvalue weighted by molar-refractivity contribution is -0.140. The largest absolute Gasteiger partial charge is 0.497 e. The Bertz CT molecular complexity index is 1220. The van der Waals surface area contributed by atoms with Crippen molar-refractivity contribution in [1.29, 1.82) is 0 Å². The van der Waals surface area contributed by atoms with Gasteiger partial charge in [0.05, 0.1) is 24.1 Å². The maximum Gasteiger partial charge on any atom is 0.244 e. The molecule has 1 aliphatic rings. The number of nitrogens with one attached hydrogen (secondary N) is 1. The van der Waals surface area contributed by atoms with Gasteiger partial charge in [0.15, 0.2) is 0 Å². The number of hydrogen-bond donors (Lipinski definition) is 1. The lowest BCUT2D eigenvalue weighted by Crippen LogP contribution is -2.53. The summed E-state index contributed by atoms with van der Waals surface area (Å²) >= 11 is 5.88. The highest BCUT2D eigenvalue weighted by Crippen LogP contribution is 2.26. The van der Waals surface area contributed by atoms with Crippen molar-refractivity contribution < 1.29 is 27.1 Å². The molecule has 2 aromatic carbocycles. The lowest BCUT2D eigenvalue weighted by Gasteiger charge is -2.33. The second kappa shape index (κ2) is 12.6. The Balaban J connectivity index is 1.94. The average molecular weight is 554 g/mol. The van der Waals surface area contributed by atoms with E-state index >= 15 is 0 Å². The molecule has 0 radical (unpaired) electrons. The second-order valence-electron chi connectivity index (χ2n) is 9.16. The number of methoxy groups -OCH3 is 1. The highest BCUT2D eigenvalue weighted by atomic mass is 35.5. The first-order valence-electron chi connectivity index (χ1n) is 12.2. The van der Waals surface area contributed by atoms with Crippen LogP contribution in [-0.4, -0.2) is 57.1 Å². The molecular formula is C26H33ClFN3O5S. The molecule has 0 aromatic heterocycles. The lowest BCUT2D eigenvalue weighted by atomic mass is 10.1. The number of carbonyl (C=O) groups is 2. The number of ether oxygens (including phenoxy) is 1. The van der Waals surface area contributed by atoms with E-state index in [1.807, 2.05) is 0 Å². The van der Waals surface area contributed by atoms with Crippen LogP contribution in [0, 0.1) is 5.82 Å². The van der Waals surface area contributed by atoms with Crippen LogP contribution >= 0.6 is 11.6 Å². The van der Waals surface area contributed by atoms with Crippen molar-refractivity contribution in [2.45, 2.75) is 57.7 Å². The van der Waals surface area contributed by atoms with Gasteiger partial charge >= 0.3 is 0 Å². The number of rotatable bonds is 11. The number of anilines is 1. The molecule has 1 atom stereocenters. The molecule has 0 heterocycles. The van der Waals surface area contributed by atoms with E-state index in [2.05, 4.69) is 5.32 Å². The first kappa shape index (κ1) is 28.7. The summed E-state index contributed by atoms with van der Waals surface area (Å²) in [5.41, 5.74) is 0.766. The van der Waals surface area contributed by atoms with Gasteiger partial charge in [-0.3, -0.25) is 13.9 Å². The van der Waals surface area contributed by atoms with Gasteiger partial charge in [-0.1, -0.05) is 43.5 Å². The second-order valence-corrected chi connectivity index (χ2v) is 11.5. The van der Waals surface area contributed by atoms with E-state index in [-0.39, 0.29) is 29.2 Å². The Morgan fingerprint density at radius 3 is 2.49 bits per heavy atom. The molecule has 2 aromatic rings. The van der Waals surface area contributed by atoms with Gasteiger partial charge in [-0.05, 0) is 55.2 Å². The normalized spacial score (nSPS) is 14.7. The van der Waals surface area contributed by atoms with E-state index in [0.29, 0.717) is 12.2 Å². The predicted octanol–water partition coefficient (Wildman–Crippen LogP) is 4.12. The molecule has 1 N–H and O–H groups in total. The van der Waals surface area contributed by atoms with Crippen LogP contribution in [-0.2, 0) is 26.2 Å². The summed E-state index contributed by atoms with van der Waals surface area (Å²) in [5, 5.41) is 2.78. The van der Waals surface area contributed by atoms with E-state index in [1.54, 1.807) is 31.2 Å². The zero-order chi connectivity index (χ0) is 27.2. The summed E-state index contributed by atoms with van der Waals surface area (Å²) in [5.74, 6) is -0.977. The van der Waals surface area contributed by atoms with Gasteiger partial charge in [0.1, 0.15) is 24.2 Å². The fraction of sp³-hybridized carbons (Fsp3) is 0.462. The number of halogens is 2. The number of nitrogens with zero attached hydrogens (tertiary/aromatic N) is 2. The fourth-order valence-electron chi connectivity index (χ4n) is 4.51. The van der Waals surface area contributed by atoms with Crippen LogP contribution in [0.1, 0.15) is 44.6 Å². The number of benzene rings is 2. The van der Waals surface area contributed by atoms with Crippen molar-refractivity contribution in [3.63, 3.8) is 0 Å². The molecule has 1 saturated carbocycles. The van der Waals surface area contributed by atoms with E-state index < -0.39 is 34.3 Å². The third-order valence-electron chi connectivity index (χ3n) is 6.44. The number of amides is 2. The Labute approximate surface area is 222 Å². The Hall–Kier alpha value is -2.85. The van der Waals surface area contributed by atoms with Crippen LogP contribution in [0.4, 0.5) is 10.1 Å². The van der Waals surface area contributed by atoms with Crippen LogP contribution in [0.15, 0.2) is 42.5 Å². The van der Waals surface area contributed by atoms with Gasteiger partial charge in [0.25, 0.3) is 0 Å². The minimum absolute atomic E-state index is 0.0482. The van der Waals surface area contributed by atoms with E-state index in [9.17, 15) is 22.4 Å². The topological polar surface area (TPSA) is 96.0 Å². The smallest absolute Gasteiger partial charge is 0.244 e. The summed E-state index contributed by atoms with van der Waals surface area (Å²) in [4.78, 5) is 28.4. The summed E-state index contributed by atoms with van der Waals surface area (Å²) < 4.78 is 45.2. The Kier molecular flexibility index (Phi) is 9.78. The SMILES string of the molecule is CC[C@H](C(=O)NC1CCCC1)N(Cc1cccc(OC)c1)C(=O)CN(c1ccc(F)c(Cl)c1)S(C)(=O)=O. The quantitative estimate of drug-likeness (QED) is 0.451. The van der Waals surface area contributed by atoms with Crippen molar-refractivity contribution in [3.05, 3.63) is 58.9 Å². The molecule has 37 heavy (non-hydrogen) atoms. The molecule has 0 spiro atoms. The van der Waals surface area contributed by atoms with E-state index in [1.165, 1.54) is 18.1 Å². The number of hydrogen-bond acceptors (Lipinski definition) is 5. The zero-order valence-corrected chi connectivity index (χ0v) is 22.8. The minimum Gasteiger partial charge on any atom is -0.497 e.